The van der Waals surface area contributed by atoms with Crippen molar-refractivity contribution in [3.63, 3.8) is 0 Å². The Bertz CT molecular complexity index is 360. The minimum absolute atomic E-state index is 0.214. The molecule has 4 nitrogen and oxygen atoms in total. The Morgan fingerprint density at radius 3 is 2.76 bits per heavy atom. The molecule has 0 aromatic carbocycles. The van der Waals surface area contributed by atoms with Gasteiger partial charge in [0.15, 0.2) is 0 Å². The molecule has 0 radical (unpaired) electrons. The molecule has 2 atom stereocenters. The SMILES string of the molecule is CCCNC(C)C(C)c1nc(OC)ncc1Cl. The average Bonchev–Trinajstić information content (AvgIpc) is 2.35. The molecule has 1 aromatic rings. The largest absolute Gasteiger partial charge is 0.467 e. The van der Waals surface area contributed by atoms with Gasteiger partial charge in [-0.25, -0.2) is 4.98 Å². The fourth-order valence-electron chi connectivity index (χ4n) is 1.57. The van der Waals surface area contributed by atoms with E-state index < -0.39 is 0 Å². The molecule has 0 spiro atoms. The first-order valence-electron chi connectivity index (χ1n) is 5.90. The van der Waals surface area contributed by atoms with Crippen LogP contribution in [0.1, 0.15) is 38.8 Å². The summed E-state index contributed by atoms with van der Waals surface area (Å²) >= 11 is 6.12. The van der Waals surface area contributed by atoms with Crippen LogP contribution < -0.4 is 10.1 Å². The summed E-state index contributed by atoms with van der Waals surface area (Å²) in [6.45, 7) is 7.36. The summed E-state index contributed by atoms with van der Waals surface area (Å²) in [6, 6.07) is 0.672. The smallest absolute Gasteiger partial charge is 0.316 e. The van der Waals surface area contributed by atoms with Crippen LogP contribution in [-0.4, -0.2) is 29.7 Å². The van der Waals surface area contributed by atoms with Gasteiger partial charge in [0.1, 0.15) is 0 Å². The second kappa shape index (κ2) is 6.77. The number of ether oxygens (including phenoxy) is 1. The minimum atomic E-state index is 0.214. The minimum Gasteiger partial charge on any atom is -0.467 e. The number of rotatable bonds is 6. The summed E-state index contributed by atoms with van der Waals surface area (Å²) < 4.78 is 5.02. The quantitative estimate of drug-likeness (QED) is 0.851. The highest BCUT2D eigenvalue weighted by Crippen LogP contribution is 2.25. The van der Waals surface area contributed by atoms with Crippen molar-refractivity contribution in [2.24, 2.45) is 0 Å². The lowest BCUT2D eigenvalue weighted by Crippen LogP contribution is -2.32. The molecule has 0 bridgehead atoms. The molecule has 5 heteroatoms. The molecule has 17 heavy (non-hydrogen) atoms. The Morgan fingerprint density at radius 2 is 2.18 bits per heavy atom. The summed E-state index contributed by atoms with van der Waals surface area (Å²) in [5.74, 6) is 0.214. The third-order valence-electron chi connectivity index (χ3n) is 2.83. The molecule has 96 valence electrons. The molecule has 2 unspecified atom stereocenters. The van der Waals surface area contributed by atoms with Gasteiger partial charge in [-0.2, -0.15) is 4.98 Å². The van der Waals surface area contributed by atoms with Crippen LogP contribution in [0.2, 0.25) is 5.02 Å². The molecule has 0 aliphatic carbocycles. The van der Waals surface area contributed by atoms with Crippen LogP contribution in [0.5, 0.6) is 6.01 Å². The van der Waals surface area contributed by atoms with Crippen LogP contribution >= 0.6 is 11.6 Å². The first-order valence-corrected chi connectivity index (χ1v) is 6.27. The number of aromatic nitrogens is 2. The van der Waals surface area contributed by atoms with Crippen LogP contribution in [0.3, 0.4) is 0 Å². The maximum Gasteiger partial charge on any atom is 0.316 e. The molecule has 0 fully saturated rings. The van der Waals surface area contributed by atoms with Crippen molar-refractivity contribution >= 4 is 11.6 Å². The number of hydrogen-bond donors (Lipinski definition) is 1. The van der Waals surface area contributed by atoms with Crippen LogP contribution in [-0.2, 0) is 0 Å². The Hall–Kier alpha value is -0.870. The molecular formula is C12H20ClN3O. The Labute approximate surface area is 108 Å². The van der Waals surface area contributed by atoms with Crippen molar-refractivity contribution in [3.05, 3.63) is 16.9 Å². The highest BCUT2D eigenvalue weighted by molar-refractivity contribution is 6.31. The van der Waals surface area contributed by atoms with Gasteiger partial charge in [-0.15, -0.1) is 0 Å². The van der Waals surface area contributed by atoms with Crippen LogP contribution in [0, 0.1) is 0 Å². The summed E-state index contributed by atoms with van der Waals surface area (Å²) in [5, 5.41) is 4.02. The van der Waals surface area contributed by atoms with Gasteiger partial charge in [-0.3, -0.25) is 0 Å². The van der Waals surface area contributed by atoms with E-state index in [1.807, 2.05) is 0 Å². The number of nitrogens with zero attached hydrogens (tertiary/aromatic N) is 2. The fraction of sp³-hybridized carbons (Fsp3) is 0.667. The van der Waals surface area contributed by atoms with E-state index in [0.29, 0.717) is 17.1 Å². The monoisotopic (exact) mass is 257 g/mol. The van der Waals surface area contributed by atoms with Crippen molar-refractivity contribution < 1.29 is 4.74 Å². The molecule has 1 rings (SSSR count). The second-order valence-corrected chi connectivity index (χ2v) is 4.53. The third-order valence-corrected chi connectivity index (χ3v) is 3.12. The van der Waals surface area contributed by atoms with Crippen LogP contribution in [0.15, 0.2) is 6.20 Å². The van der Waals surface area contributed by atoms with Gasteiger partial charge in [-0.1, -0.05) is 25.4 Å². The number of methoxy groups -OCH3 is 1. The zero-order chi connectivity index (χ0) is 12.8. The van der Waals surface area contributed by atoms with Crippen LogP contribution in [0.25, 0.3) is 0 Å². The van der Waals surface area contributed by atoms with Gasteiger partial charge in [-0.05, 0) is 19.9 Å². The van der Waals surface area contributed by atoms with Crippen molar-refractivity contribution in [3.8, 4) is 6.01 Å². The van der Waals surface area contributed by atoms with Crippen LogP contribution in [0.4, 0.5) is 0 Å². The van der Waals surface area contributed by atoms with Gasteiger partial charge >= 0.3 is 6.01 Å². The standard InChI is InChI=1S/C12H20ClN3O/c1-5-6-14-9(3)8(2)11-10(13)7-15-12(16-11)17-4/h7-9,14H,5-6H2,1-4H3. The van der Waals surface area contributed by atoms with Crippen molar-refractivity contribution in [2.45, 2.75) is 39.2 Å². The predicted octanol–water partition coefficient (Wildman–Crippen LogP) is 2.63. The van der Waals surface area contributed by atoms with Crippen molar-refractivity contribution in [2.75, 3.05) is 13.7 Å². The van der Waals surface area contributed by atoms with E-state index in [4.69, 9.17) is 16.3 Å². The van der Waals surface area contributed by atoms with E-state index in [2.05, 4.69) is 36.1 Å². The second-order valence-electron chi connectivity index (χ2n) is 4.12. The normalized spacial score (nSPS) is 14.4. The molecule has 0 aliphatic heterocycles. The summed E-state index contributed by atoms with van der Waals surface area (Å²) in [4.78, 5) is 8.29. The zero-order valence-corrected chi connectivity index (χ0v) is 11.6. The first-order chi connectivity index (χ1) is 8.10. The summed E-state index contributed by atoms with van der Waals surface area (Å²) in [6.07, 6.45) is 2.70. The molecular weight excluding hydrogens is 238 g/mol. The Kier molecular flexibility index (Phi) is 5.65. The highest BCUT2D eigenvalue weighted by atomic mass is 35.5. The Balaban J connectivity index is 2.82. The van der Waals surface area contributed by atoms with E-state index in [1.165, 1.54) is 0 Å². The Morgan fingerprint density at radius 1 is 1.47 bits per heavy atom. The summed E-state index contributed by atoms with van der Waals surface area (Å²) in [7, 11) is 1.55. The van der Waals surface area contributed by atoms with E-state index >= 15 is 0 Å². The van der Waals surface area contributed by atoms with Crippen molar-refractivity contribution in [1.29, 1.82) is 0 Å². The van der Waals surface area contributed by atoms with E-state index in [1.54, 1.807) is 13.3 Å². The highest BCUT2D eigenvalue weighted by Gasteiger charge is 2.19. The number of nitrogens with one attached hydrogen (secondary N) is 1. The number of halogens is 1. The molecule has 0 saturated carbocycles. The number of hydrogen-bond acceptors (Lipinski definition) is 4. The van der Waals surface area contributed by atoms with Gasteiger partial charge in [0.05, 0.1) is 24.0 Å². The average molecular weight is 258 g/mol. The lowest BCUT2D eigenvalue weighted by Gasteiger charge is -2.21. The molecule has 1 N–H and O–H groups in total. The zero-order valence-electron chi connectivity index (χ0n) is 10.8. The lowest BCUT2D eigenvalue weighted by molar-refractivity contribution is 0.374. The van der Waals surface area contributed by atoms with Gasteiger partial charge in [0, 0.05) is 12.0 Å². The molecule has 0 amide bonds. The summed E-state index contributed by atoms with van der Waals surface area (Å²) in [5.41, 5.74) is 0.828. The van der Waals surface area contributed by atoms with Gasteiger partial charge in [0.25, 0.3) is 0 Å². The third kappa shape index (κ3) is 3.82. The van der Waals surface area contributed by atoms with E-state index in [9.17, 15) is 0 Å². The fourth-order valence-corrected chi connectivity index (χ4v) is 1.83. The molecule has 1 heterocycles. The maximum absolute atomic E-state index is 6.12. The lowest BCUT2D eigenvalue weighted by atomic mass is 9.99. The molecule has 0 aliphatic rings. The topological polar surface area (TPSA) is 47.0 Å². The molecule has 0 saturated heterocycles. The van der Waals surface area contributed by atoms with E-state index in [0.717, 1.165) is 18.7 Å². The first kappa shape index (κ1) is 14.2. The van der Waals surface area contributed by atoms with Gasteiger partial charge < -0.3 is 10.1 Å². The van der Waals surface area contributed by atoms with Gasteiger partial charge in [0.2, 0.25) is 0 Å². The van der Waals surface area contributed by atoms with Crippen molar-refractivity contribution in [1.82, 2.24) is 15.3 Å². The molecule has 1 aromatic heterocycles. The maximum atomic E-state index is 6.12. The van der Waals surface area contributed by atoms with E-state index in [-0.39, 0.29) is 5.92 Å². The predicted molar refractivity (Wildman–Crippen MR) is 69.8 cm³/mol.